The van der Waals surface area contributed by atoms with Crippen molar-refractivity contribution in [2.45, 2.75) is 13.5 Å². The number of hydrogen-bond acceptors (Lipinski definition) is 5. The van der Waals surface area contributed by atoms with Crippen LogP contribution in [0, 0.1) is 18.3 Å². The van der Waals surface area contributed by atoms with Crippen molar-refractivity contribution in [3.05, 3.63) is 40.4 Å². The van der Waals surface area contributed by atoms with Crippen molar-refractivity contribution < 1.29 is 4.74 Å². The number of aryl methyl sites for hydroxylation is 1. The van der Waals surface area contributed by atoms with Crippen molar-refractivity contribution >= 4 is 16.5 Å². The number of aromatic nitrogens is 1. The van der Waals surface area contributed by atoms with Gasteiger partial charge in [0.05, 0.1) is 16.5 Å². The van der Waals surface area contributed by atoms with Crippen LogP contribution in [-0.2, 0) is 6.61 Å². The van der Waals surface area contributed by atoms with Crippen LogP contribution in [0.15, 0.2) is 24.4 Å². The summed E-state index contributed by atoms with van der Waals surface area (Å²) in [5.41, 5.74) is 7.13. The molecule has 4 nitrogen and oxygen atoms in total. The Bertz CT molecular complexity index is 571. The van der Waals surface area contributed by atoms with Gasteiger partial charge in [-0.15, -0.1) is 0 Å². The zero-order chi connectivity index (χ0) is 12.3. The average molecular weight is 245 g/mol. The van der Waals surface area contributed by atoms with Gasteiger partial charge >= 0.3 is 0 Å². The maximum Gasteiger partial charge on any atom is 0.180 e. The third kappa shape index (κ3) is 2.74. The smallest absolute Gasteiger partial charge is 0.180 e. The van der Waals surface area contributed by atoms with E-state index < -0.39 is 0 Å². The van der Waals surface area contributed by atoms with Gasteiger partial charge in [-0.05, 0) is 24.6 Å². The van der Waals surface area contributed by atoms with E-state index in [2.05, 4.69) is 11.1 Å². The fourth-order valence-corrected chi connectivity index (χ4v) is 1.96. The van der Waals surface area contributed by atoms with E-state index in [9.17, 15) is 0 Å². The van der Waals surface area contributed by atoms with E-state index in [1.54, 1.807) is 18.3 Å². The summed E-state index contributed by atoms with van der Waals surface area (Å²) in [6.45, 7) is 2.36. The zero-order valence-electron chi connectivity index (χ0n) is 9.30. The fourth-order valence-electron chi connectivity index (χ4n) is 1.36. The van der Waals surface area contributed by atoms with E-state index in [1.165, 1.54) is 11.3 Å². The minimum Gasteiger partial charge on any atom is -0.488 e. The Hall–Kier alpha value is -2.06. The van der Waals surface area contributed by atoms with Crippen LogP contribution in [0.1, 0.15) is 16.0 Å². The highest BCUT2D eigenvalue weighted by molar-refractivity contribution is 7.15. The third-order valence-corrected chi connectivity index (χ3v) is 3.06. The summed E-state index contributed by atoms with van der Waals surface area (Å²) < 4.78 is 5.64. The van der Waals surface area contributed by atoms with Gasteiger partial charge in [-0.2, -0.15) is 5.26 Å². The maximum absolute atomic E-state index is 8.81. The highest BCUT2D eigenvalue weighted by atomic mass is 32.1. The summed E-state index contributed by atoms with van der Waals surface area (Å²) in [6.07, 6.45) is 1.70. The van der Waals surface area contributed by atoms with Crippen LogP contribution in [0.3, 0.4) is 0 Å². The van der Waals surface area contributed by atoms with Crippen LogP contribution in [0.25, 0.3) is 0 Å². The van der Waals surface area contributed by atoms with Crippen LogP contribution < -0.4 is 10.5 Å². The van der Waals surface area contributed by atoms with Gasteiger partial charge in [-0.1, -0.05) is 17.4 Å². The highest BCUT2D eigenvalue weighted by Gasteiger charge is 2.04. The molecule has 86 valence electrons. The molecule has 0 spiro atoms. The molecule has 0 saturated carbocycles. The largest absolute Gasteiger partial charge is 0.488 e. The van der Waals surface area contributed by atoms with Gasteiger partial charge in [0.2, 0.25) is 0 Å². The fraction of sp³-hybridized carbons (Fsp3) is 0.167. The van der Waals surface area contributed by atoms with E-state index >= 15 is 0 Å². The lowest BCUT2D eigenvalue weighted by Crippen LogP contribution is -1.95. The first kappa shape index (κ1) is 11.4. The highest BCUT2D eigenvalue weighted by Crippen LogP contribution is 2.22. The molecule has 0 aliphatic rings. The van der Waals surface area contributed by atoms with Crippen LogP contribution in [-0.4, -0.2) is 4.98 Å². The van der Waals surface area contributed by atoms with E-state index in [0.29, 0.717) is 17.3 Å². The molecule has 1 aromatic heterocycles. The van der Waals surface area contributed by atoms with Crippen molar-refractivity contribution in [2.24, 2.45) is 0 Å². The Morgan fingerprint density at radius 3 is 3.00 bits per heavy atom. The van der Waals surface area contributed by atoms with E-state index in [1.807, 2.05) is 13.0 Å². The van der Waals surface area contributed by atoms with E-state index in [-0.39, 0.29) is 0 Å². The molecule has 2 aromatic rings. The van der Waals surface area contributed by atoms with Gasteiger partial charge < -0.3 is 10.5 Å². The second-order valence-electron chi connectivity index (χ2n) is 3.55. The molecule has 0 aliphatic carbocycles. The Kier molecular flexibility index (Phi) is 3.26. The Balaban J connectivity index is 2.11. The lowest BCUT2D eigenvalue weighted by atomic mass is 10.1. The molecule has 0 fully saturated rings. The summed E-state index contributed by atoms with van der Waals surface area (Å²) in [5.74, 6) is 0.719. The Morgan fingerprint density at radius 1 is 1.53 bits per heavy atom. The van der Waals surface area contributed by atoms with Gasteiger partial charge in [-0.3, -0.25) is 0 Å². The predicted octanol–water partition coefficient (Wildman–Crippen LogP) is 2.48. The first-order chi connectivity index (χ1) is 8.19. The van der Waals surface area contributed by atoms with Gasteiger partial charge in [-0.25, -0.2) is 4.98 Å². The molecule has 0 amide bonds. The van der Waals surface area contributed by atoms with Crippen molar-refractivity contribution in [3.8, 4) is 11.8 Å². The predicted molar refractivity (Wildman–Crippen MR) is 66.8 cm³/mol. The van der Waals surface area contributed by atoms with Gasteiger partial charge in [0.1, 0.15) is 12.4 Å². The Morgan fingerprint density at radius 2 is 2.35 bits per heavy atom. The van der Waals surface area contributed by atoms with Gasteiger partial charge in [0.25, 0.3) is 0 Å². The van der Waals surface area contributed by atoms with Gasteiger partial charge in [0.15, 0.2) is 5.13 Å². The topological polar surface area (TPSA) is 71.9 Å². The molecule has 2 N–H and O–H groups in total. The lowest BCUT2D eigenvalue weighted by Gasteiger charge is -2.07. The van der Waals surface area contributed by atoms with Crippen molar-refractivity contribution in [3.63, 3.8) is 0 Å². The molecule has 0 saturated heterocycles. The summed E-state index contributed by atoms with van der Waals surface area (Å²) in [4.78, 5) is 4.91. The summed E-state index contributed by atoms with van der Waals surface area (Å²) in [5, 5.41) is 9.34. The molecule has 0 atom stereocenters. The quantitative estimate of drug-likeness (QED) is 0.901. The van der Waals surface area contributed by atoms with Crippen LogP contribution >= 0.6 is 11.3 Å². The normalized spacial score (nSPS) is 9.88. The maximum atomic E-state index is 8.81. The number of rotatable bonds is 3. The van der Waals surface area contributed by atoms with Crippen LogP contribution in [0.2, 0.25) is 0 Å². The number of benzene rings is 1. The number of thiazole rings is 1. The number of nitriles is 1. The monoisotopic (exact) mass is 245 g/mol. The Labute approximate surface area is 103 Å². The van der Waals surface area contributed by atoms with Gasteiger partial charge in [0, 0.05) is 6.20 Å². The SMILES string of the molecule is Cc1ccc(C#N)cc1OCc1cnc(N)s1. The second-order valence-corrected chi connectivity index (χ2v) is 4.69. The number of nitrogens with two attached hydrogens (primary N) is 1. The van der Waals surface area contributed by atoms with Crippen LogP contribution in [0.5, 0.6) is 5.75 Å². The molecule has 0 bridgehead atoms. The summed E-state index contributed by atoms with van der Waals surface area (Å²) in [7, 11) is 0. The second kappa shape index (κ2) is 4.85. The minimum atomic E-state index is 0.421. The van der Waals surface area contributed by atoms with E-state index in [4.69, 9.17) is 15.7 Å². The van der Waals surface area contributed by atoms with Crippen LogP contribution in [0.4, 0.5) is 5.13 Å². The molecule has 0 unspecified atom stereocenters. The van der Waals surface area contributed by atoms with Crippen molar-refractivity contribution in [1.29, 1.82) is 5.26 Å². The average Bonchev–Trinajstić information content (AvgIpc) is 2.74. The molecule has 1 aromatic carbocycles. The summed E-state index contributed by atoms with van der Waals surface area (Å²) >= 11 is 1.40. The number of ether oxygens (including phenoxy) is 1. The number of anilines is 1. The number of nitrogens with zero attached hydrogens (tertiary/aromatic N) is 2. The molecule has 17 heavy (non-hydrogen) atoms. The molecular formula is C12H11N3OS. The van der Waals surface area contributed by atoms with Crippen molar-refractivity contribution in [2.75, 3.05) is 5.73 Å². The molecule has 0 radical (unpaired) electrons. The lowest BCUT2D eigenvalue weighted by molar-refractivity contribution is 0.307. The van der Waals surface area contributed by atoms with Crippen molar-refractivity contribution in [1.82, 2.24) is 4.98 Å². The molecule has 1 heterocycles. The molecule has 2 rings (SSSR count). The first-order valence-corrected chi connectivity index (χ1v) is 5.84. The molecular weight excluding hydrogens is 234 g/mol. The minimum absolute atomic E-state index is 0.421. The standard InChI is InChI=1S/C12H11N3OS/c1-8-2-3-9(5-13)4-11(8)16-7-10-6-15-12(14)17-10/h2-4,6H,7H2,1H3,(H2,14,15). The zero-order valence-corrected chi connectivity index (χ0v) is 10.1. The third-order valence-electron chi connectivity index (χ3n) is 2.26. The summed E-state index contributed by atoms with van der Waals surface area (Å²) in [6, 6.07) is 7.46. The molecule has 5 heteroatoms. The number of nitrogen functional groups attached to an aromatic ring is 1. The molecule has 0 aliphatic heterocycles. The first-order valence-electron chi connectivity index (χ1n) is 5.03. The number of hydrogen-bond donors (Lipinski definition) is 1. The van der Waals surface area contributed by atoms with E-state index in [0.717, 1.165) is 16.2 Å².